The molecule has 0 unspecified atom stereocenters. The summed E-state index contributed by atoms with van der Waals surface area (Å²) >= 11 is 12.1. The largest absolute Gasteiger partial charge is 0.378 e. The molecule has 0 bridgehead atoms. The minimum atomic E-state index is -0.271. The van der Waals surface area contributed by atoms with Crippen molar-refractivity contribution in [2.45, 2.75) is 6.92 Å². The minimum Gasteiger partial charge on any atom is -0.378 e. The lowest BCUT2D eigenvalue weighted by atomic mass is 10.2. The molecular weight excluding hydrogens is 408 g/mol. The van der Waals surface area contributed by atoms with Crippen molar-refractivity contribution in [2.24, 2.45) is 0 Å². The summed E-state index contributed by atoms with van der Waals surface area (Å²) in [5, 5.41) is 2.85. The van der Waals surface area contributed by atoms with Crippen molar-refractivity contribution in [3.8, 4) is 0 Å². The van der Waals surface area contributed by atoms with Crippen LogP contribution in [0.3, 0.4) is 0 Å². The van der Waals surface area contributed by atoms with Crippen molar-refractivity contribution in [1.82, 2.24) is 4.90 Å². The highest BCUT2D eigenvalue weighted by Crippen LogP contribution is 2.32. The zero-order chi connectivity index (χ0) is 14.7. The summed E-state index contributed by atoms with van der Waals surface area (Å²) in [6, 6.07) is 3.89. The number of morpholine rings is 1. The second kappa shape index (κ2) is 6.98. The number of carbonyl (C=O) groups is 1. The van der Waals surface area contributed by atoms with E-state index in [9.17, 15) is 4.79 Å². The highest BCUT2D eigenvalue weighted by molar-refractivity contribution is 9.11. The number of rotatable bonds is 1. The number of ether oxygens (including phenoxy) is 1. The van der Waals surface area contributed by atoms with E-state index in [-0.39, 0.29) is 5.91 Å². The lowest BCUT2D eigenvalue weighted by molar-refractivity contribution is -0.111. The Kier molecular flexibility index (Phi) is 5.54. The summed E-state index contributed by atoms with van der Waals surface area (Å²) in [6.07, 6.45) is 0. The van der Waals surface area contributed by atoms with Gasteiger partial charge in [0.1, 0.15) is 0 Å². The highest BCUT2D eigenvalue weighted by atomic mass is 79.9. The van der Waals surface area contributed by atoms with Crippen LogP contribution in [0.4, 0.5) is 5.69 Å². The van der Waals surface area contributed by atoms with Gasteiger partial charge in [-0.15, -0.1) is 0 Å². The quantitative estimate of drug-likeness (QED) is 0.707. The summed E-state index contributed by atoms with van der Waals surface area (Å²) in [5.41, 5.74) is 1.79. The molecule has 1 saturated heterocycles. The van der Waals surface area contributed by atoms with Gasteiger partial charge in [0.2, 0.25) is 0 Å². The molecule has 4 nitrogen and oxygen atoms in total. The molecule has 1 aliphatic heterocycles. The number of nitrogens with one attached hydrogen (secondary N) is 1. The highest BCUT2D eigenvalue weighted by Gasteiger charge is 2.21. The summed E-state index contributed by atoms with van der Waals surface area (Å²) in [4.78, 5) is 14.4. The van der Waals surface area contributed by atoms with Gasteiger partial charge in [0.15, 0.2) is 4.99 Å². The number of carbonyl (C=O) groups excluding carboxylic acids is 1. The Balaban J connectivity index is 2.09. The lowest BCUT2D eigenvalue weighted by Crippen LogP contribution is -2.44. The average molecular weight is 422 g/mol. The van der Waals surface area contributed by atoms with Gasteiger partial charge in [-0.2, -0.15) is 0 Å². The fourth-order valence-corrected chi connectivity index (χ4v) is 3.74. The Hall–Kier alpha value is -0.500. The summed E-state index contributed by atoms with van der Waals surface area (Å²) in [6.45, 7) is 4.50. The van der Waals surface area contributed by atoms with Crippen LogP contribution in [-0.2, 0) is 9.53 Å². The number of hydrogen-bond donors (Lipinski definition) is 1. The molecule has 7 heteroatoms. The molecule has 0 radical (unpaired) electrons. The van der Waals surface area contributed by atoms with Gasteiger partial charge in [-0.25, -0.2) is 0 Å². The molecule has 1 aromatic carbocycles. The average Bonchev–Trinajstić information content (AvgIpc) is 2.42. The summed E-state index contributed by atoms with van der Waals surface area (Å²) in [5.74, 6) is -0.271. The molecule has 1 heterocycles. The Morgan fingerprint density at radius 3 is 2.40 bits per heavy atom. The zero-order valence-electron chi connectivity index (χ0n) is 10.9. The van der Waals surface area contributed by atoms with E-state index in [1.807, 2.05) is 24.0 Å². The van der Waals surface area contributed by atoms with Crippen molar-refractivity contribution in [2.75, 3.05) is 31.6 Å². The van der Waals surface area contributed by atoms with Gasteiger partial charge in [-0.05, 0) is 56.5 Å². The Morgan fingerprint density at radius 1 is 1.30 bits per heavy atom. The molecule has 0 atom stereocenters. The topological polar surface area (TPSA) is 41.6 Å². The number of nitrogens with zero attached hydrogens (tertiary/aromatic N) is 1. The molecule has 1 aliphatic rings. The normalized spacial score (nSPS) is 15.1. The molecule has 0 aromatic heterocycles. The van der Waals surface area contributed by atoms with Crippen molar-refractivity contribution in [1.29, 1.82) is 0 Å². The van der Waals surface area contributed by atoms with Crippen LogP contribution in [0.15, 0.2) is 21.1 Å². The number of halogens is 2. The maximum atomic E-state index is 12.2. The molecule has 1 aromatic rings. The third-order valence-electron chi connectivity index (χ3n) is 2.92. The van der Waals surface area contributed by atoms with E-state index >= 15 is 0 Å². The van der Waals surface area contributed by atoms with Crippen molar-refractivity contribution >= 4 is 60.7 Å². The van der Waals surface area contributed by atoms with Crippen LogP contribution < -0.4 is 5.32 Å². The van der Waals surface area contributed by atoms with E-state index in [1.54, 1.807) is 0 Å². The Morgan fingerprint density at radius 2 is 1.85 bits per heavy atom. The first kappa shape index (κ1) is 15.9. The van der Waals surface area contributed by atoms with Gasteiger partial charge in [-0.1, -0.05) is 12.2 Å². The molecule has 2 rings (SSSR count). The van der Waals surface area contributed by atoms with E-state index in [4.69, 9.17) is 17.0 Å². The second-order valence-electron chi connectivity index (χ2n) is 4.46. The van der Waals surface area contributed by atoms with Crippen LogP contribution in [0, 0.1) is 6.92 Å². The van der Waals surface area contributed by atoms with E-state index in [1.165, 1.54) is 0 Å². The number of thiocarbonyl (C=S) groups is 1. The van der Waals surface area contributed by atoms with Gasteiger partial charge in [0.05, 0.1) is 18.9 Å². The zero-order valence-corrected chi connectivity index (χ0v) is 14.9. The van der Waals surface area contributed by atoms with Gasteiger partial charge in [0, 0.05) is 22.0 Å². The number of amides is 1. The second-order valence-corrected chi connectivity index (χ2v) is 6.56. The number of hydrogen-bond acceptors (Lipinski definition) is 3. The van der Waals surface area contributed by atoms with Crippen LogP contribution in [0.2, 0.25) is 0 Å². The maximum absolute atomic E-state index is 12.2. The maximum Gasteiger partial charge on any atom is 0.283 e. The van der Waals surface area contributed by atoms with Gasteiger partial charge in [-0.3, -0.25) is 4.79 Å². The molecule has 108 valence electrons. The fraction of sp³-hybridized carbons (Fsp3) is 0.385. The number of benzene rings is 1. The van der Waals surface area contributed by atoms with Gasteiger partial charge < -0.3 is 15.0 Å². The third-order valence-corrected chi connectivity index (χ3v) is 4.61. The van der Waals surface area contributed by atoms with Crippen LogP contribution in [0.5, 0.6) is 0 Å². The number of anilines is 1. The van der Waals surface area contributed by atoms with Crippen molar-refractivity contribution < 1.29 is 9.53 Å². The third kappa shape index (κ3) is 3.78. The van der Waals surface area contributed by atoms with Crippen LogP contribution >= 0.6 is 44.1 Å². The lowest BCUT2D eigenvalue weighted by Gasteiger charge is -2.28. The predicted molar refractivity (Wildman–Crippen MR) is 90.2 cm³/mol. The standard InChI is InChI=1S/C13H14Br2N2O2S/c1-8-6-9(14)11(10(15)7-8)16-12(18)13(20)17-2-4-19-5-3-17/h6-7H,2-5H2,1H3,(H,16,18). The molecule has 0 spiro atoms. The van der Waals surface area contributed by atoms with E-state index in [2.05, 4.69) is 37.2 Å². The monoisotopic (exact) mass is 420 g/mol. The molecule has 0 saturated carbocycles. The van der Waals surface area contributed by atoms with Crippen LogP contribution in [0.1, 0.15) is 5.56 Å². The van der Waals surface area contributed by atoms with E-state index in [0.717, 1.165) is 14.5 Å². The SMILES string of the molecule is Cc1cc(Br)c(NC(=O)C(=S)N2CCOCC2)c(Br)c1. The minimum absolute atomic E-state index is 0.271. The molecule has 1 fully saturated rings. The van der Waals surface area contributed by atoms with Crippen LogP contribution in [0.25, 0.3) is 0 Å². The molecular formula is C13H14Br2N2O2S. The van der Waals surface area contributed by atoms with Gasteiger partial charge >= 0.3 is 0 Å². The summed E-state index contributed by atoms with van der Waals surface area (Å²) in [7, 11) is 0. The molecule has 20 heavy (non-hydrogen) atoms. The first-order valence-corrected chi connectivity index (χ1v) is 8.12. The smallest absolute Gasteiger partial charge is 0.283 e. The molecule has 1 N–H and O–H groups in total. The molecule has 1 amide bonds. The van der Waals surface area contributed by atoms with Crippen molar-refractivity contribution in [3.63, 3.8) is 0 Å². The Bertz CT molecular complexity index is 522. The first-order valence-electron chi connectivity index (χ1n) is 6.12. The first-order chi connectivity index (χ1) is 9.49. The Labute approximate surface area is 140 Å². The van der Waals surface area contributed by atoms with Gasteiger partial charge in [0.25, 0.3) is 5.91 Å². The predicted octanol–water partition coefficient (Wildman–Crippen LogP) is 3.12. The fourth-order valence-electron chi connectivity index (χ4n) is 1.90. The van der Waals surface area contributed by atoms with Crippen LogP contribution in [-0.4, -0.2) is 42.1 Å². The van der Waals surface area contributed by atoms with E-state index in [0.29, 0.717) is 37.0 Å². The number of aryl methyl sites for hydroxylation is 1. The molecule has 0 aliphatic carbocycles. The van der Waals surface area contributed by atoms with E-state index < -0.39 is 0 Å². The summed E-state index contributed by atoms with van der Waals surface area (Å²) < 4.78 is 6.89. The van der Waals surface area contributed by atoms with Crippen molar-refractivity contribution in [3.05, 3.63) is 26.6 Å².